The summed E-state index contributed by atoms with van der Waals surface area (Å²) in [5.41, 5.74) is 1.34. The predicted octanol–water partition coefficient (Wildman–Crippen LogP) is 3.72. The molecule has 24 heavy (non-hydrogen) atoms. The number of urea groups is 1. The number of aliphatic hydroxyl groups excluding tert-OH is 1. The first-order valence-electron chi connectivity index (χ1n) is 9.39. The number of carbonyl (C=O) groups excluding carboxylic acids is 1. The largest absolute Gasteiger partial charge is 0.388 e. The van der Waals surface area contributed by atoms with Crippen molar-refractivity contribution in [3.63, 3.8) is 0 Å². The van der Waals surface area contributed by atoms with Gasteiger partial charge in [-0.3, -0.25) is 0 Å². The van der Waals surface area contributed by atoms with E-state index < -0.39 is 6.10 Å². The summed E-state index contributed by atoms with van der Waals surface area (Å²) in [6.45, 7) is 4.51. The third kappa shape index (κ3) is 3.75. The molecular formula is C20H30N2O2. The molecule has 1 saturated carbocycles. The quantitative estimate of drug-likeness (QED) is 0.864. The Balaban J connectivity index is 1.45. The molecule has 0 spiro atoms. The monoisotopic (exact) mass is 330 g/mol. The van der Waals surface area contributed by atoms with Gasteiger partial charge in [-0.25, -0.2) is 4.79 Å². The van der Waals surface area contributed by atoms with E-state index in [4.69, 9.17) is 0 Å². The molecule has 0 radical (unpaired) electrons. The highest BCUT2D eigenvalue weighted by molar-refractivity contribution is 5.74. The molecule has 1 saturated heterocycles. The van der Waals surface area contributed by atoms with Crippen LogP contribution < -0.4 is 5.32 Å². The lowest BCUT2D eigenvalue weighted by Crippen LogP contribution is -2.49. The van der Waals surface area contributed by atoms with E-state index in [1.54, 1.807) is 0 Å². The van der Waals surface area contributed by atoms with Crippen LogP contribution in [0.1, 0.15) is 57.1 Å². The fourth-order valence-corrected chi connectivity index (χ4v) is 4.05. The molecule has 2 N–H and O–H groups in total. The Morgan fingerprint density at radius 1 is 1.29 bits per heavy atom. The highest BCUT2D eigenvalue weighted by Crippen LogP contribution is 2.43. The van der Waals surface area contributed by atoms with Crippen LogP contribution in [-0.2, 0) is 0 Å². The molecule has 1 heterocycles. The van der Waals surface area contributed by atoms with Gasteiger partial charge in [0.05, 0.1) is 6.10 Å². The fourth-order valence-electron chi connectivity index (χ4n) is 4.05. The zero-order valence-corrected chi connectivity index (χ0v) is 14.7. The zero-order chi connectivity index (χ0) is 17.0. The molecule has 4 heteroatoms. The number of benzene rings is 1. The van der Waals surface area contributed by atoms with E-state index in [1.165, 1.54) is 19.3 Å². The highest BCUT2D eigenvalue weighted by atomic mass is 16.3. The van der Waals surface area contributed by atoms with E-state index in [9.17, 15) is 9.90 Å². The van der Waals surface area contributed by atoms with Crippen molar-refractivity contribution in [1.29, 1.82) is 0 Å². The molecule has 1 aliphatic heterocycles. The van der Waals surface area contributed by atoms with Crippen molar-refractivity contribution in [2.45, 2.75) is 51.6 Å². The maximum atomic E-state index is 12.4. The van der Waals surface area contributed by atoms with Gasteiger partial charge in [0.1, 0.15) is 0 Å². The van der Waals surface area contributed by atoms with Gasteiger partial charge >= 0.3 is 6.03 Å². The van der Waals surface area contributed by atoms with Crippen molar-refractivity contribution in [2.24, 2.45) is 11.3 Å². The van der Waals surface area contributed by atoms with Crippen LogP contribution in [0, 0.1) is 11.3 Å². The Labute approximate surface area is 145 Å². The molecule has 1 aromatic carbocycles. The van der Waals surface area contributed by atoms with Crippen molar-refractivity contribution >= 4 is 6.03 Å². The number of hydrogen-bond donors (Lipinski definition) is 2. The van der Waals surface area contributed by atoms with E-state index in [2.05, 4.69) is 12.2 Å². The molecule has 0 aromatic heterocycles. The minimum absolute atomic E-state index is 0.0716. The number of rotatable bonds is 5. The van der Waals surface area contributed by atoms with Gasteiger partial charge < -0.3 is 15.3 Å². The van der Waals surface area contributed by atoms with Crippen molar-refractivity contribution in [1.82, 2.24) is 10.2 Å². The summed E-state index contributed by atoms with van der Waals surface area (Å²) in [5.74, 6) is 0.241. The van der Waals surface area contributed by atoms with Gasteiger partial charge in [-0.2, -0.15) is 0 Å². The normalized spacial score (nSPS) is 21.8. The van der Waals surface area contributed by atoms with Gasteiger partial charge in [0.2, 0.25) is 0 Å². The Hall–Kier alpha value is -1.55. The first kappa shape index (κ1) is 17.3. The zero-order valence-electron chi connectivity index (χ0n) is 14.7. The van der Waals surface area contributed by atoms with Gasteiger partial charge in [-0.1, -0.05) is 43.7 Å². The van der Waals surface area contributed by atoms with Crippen LogP contribution in [0.5, 0.6) is 0 Å². The van der Waals surface area contributed by atoms with Crippen LogP contribution in [0.3, 0.4) is 0 Å². The van der Waals surface area contributed by atoms with E-state index in [-0.39, 0.29) is 11.9 Å². The lowest BCUT2D eigenvalue weighted by atomic mass is 9.67. The minimum atomic E-state index is -0.422. The second-order valence-electron chi connectivity index (χ2n) is 7.55. The summed E-state index contributed by atoms with van der Waals surface area (Å²) in [6.07, 6.45) is 6.25. The van der Waals surface area contributed by atoms with Crippen LogP contribution >= 0.6 is 0 Å². The number of likely N-dealkylation sites (tertiary alicyclic amines) is 1. The van der Waals surface area contributed by atoms with Crippen LogP contribution in [0.15, 0.2) is 30.3 Å². The average Bonchev–Trinajstić information content (AvgIpc) is 2.61. The number of carbonyl (C=O) groups is 1. The molecule has 2 amide bonds. The maximum Gasteiger partial charge on any atom is 0.317 e. The number of nitrogens with one attached hydrogen (secondary N) is 1. The second-order valence-corrected chi connectivity index (χ2v) is 7.55. The number of nitrogens with zero attached hydrogens (tertiary/aromatic N) is 1. The van der Waals surface area contributed by atoms with Crippen molar-refractivity contribution in [2.75, 3.05) is 19.6 Å². The third-order valence-electron chi connectivity index (χ3n) is 6.19. The van der Waals surface area contributed by atoms with Crippen molar-refractivity contribution in [3.8, 4) is 0 Å². The van der Waals surface area contributed by atoms with Crippen molar-refractivity contribution in [3.05, 3.63) is 35.9 Å². The highest BCUT2D eigenvalue weighted by Gasteiger charge is 2.36. The maximum absolute atomic E-state index is 12.4. The lowest BCUT2D eigenvalue weighted by Gasteiger charge is -2.42. The second kappa shape index (κ2) is 7.56. The molecule has 132 valence electrons. The topological polar surface area (TPSA) is 52.6 Å². The summed E-state index contributed by atoms with van der Waals surface area (Å²) in [7, 11) is 0. The smallest absolute Gasteiger partial charge is 0.317 e. The van der Waals surface area contributed by atoms with E-state index >= 15 is 0 Å². The van der Waals surface area contributed by atoms with Crippen LogP contribution in [0.2, 0.25) is 0 Å². The molecule has 2 aliphatic rings. The molecule has 4 nitrogen and oxygen atoms in total. The van der Waals surface area contributed by atoms with Gasteiger partial charge in [0, 0.05) is 19.6 Å². The SMILES string of the molecule is CCC1(CNC(=O)N2CCC(C(O)c3ccccc3)CC2)CCC1. The average molecular weight is 330 g/mol. The molecule has 2 fully saturated rings. The minimum Gasteiger partial charge on any atom is -0.388 e. The number of aliphatic hydroxyl groups is 1. The molecule has 1 aromatic rings. The Morgan fingerprint density at radius 2 is 1.96 bits per heavy atom. The first-order chi connectivity index (χ1) is 11.6. The lowest BCUT2D eigenvalue weighted by molar-refractivity contribution is 0.0646. The molecule has 1 aliphatic carbocycles. The number of amides is 2. The van der Waals surface area contributed by atoms with Gasteiger partial charge in [0.25, 0.3) is 0 Å². The van der Waals surface area contributed by atoms with E-state index in [0.717, 1.165) is 44.5 Å². The molecule has 0 bridgehead atoms. The molecular weight excluding hydrogens is 300 g/mol. The predicted molar refractivity (Wildman–Crippen MR) is 95.7 cm³/mol. The summed E-state index contributed by atoms with van der Waals surface area (Å²) in [4.78, 5) is 14.3. The van der Waals surface area contributed by atoms with Crippen LogP contribution in [0.25, 0.3) is 0 Å². The Bertz CT molecular complexity index is 528. The molecule has 1 atom stereocenters. The Morgan fingerprint density at radius 3 is 2.50 bits per heavy atom. The Kier molecular flexibility index (Phi) is 5.44. The summed E-state index contributed by atoms with van der Waals surface area (Å²) in [5, 5.41) is 13.7. The number of piperidine rings is 1. The van der Waals surface area contributed by atoms with Crippen LogP contribution in [0.4, 0.5) is 4.79 Å². The summed E-state index contributed by atoms with van der Waals surface area (Å²) in [6, 6.07) is 9.92. The summed E-state index contributed by atoms with van der Waals surface area (Å²) >= 11 is 0. The fraction of sp³-hybridized carbons (Fsp3) is 0.650. The van der Waals surface area contributed by atoms with E-state index in [1.807, 2.05) is 35.2 Å². The van der Waals surface area contributed by atoms with Crippen molar-refractivity contribution < 1.29 is 9.90 Å². The third-order valence-corrected chi connectivity index (χ3v) is 6.19. The first-order valence-corrected chi connectivity index (χ1v) is 9.39. The summed E-state index contributed by atoms with van der Waals surface area (Å²) < 4.78 is 0. The van der Waals surface area contributed by atoms with Crippen LogP contribution in [-0.4, -0.2) is 35.7 Å². The molecule has 1 unspecified atom stereocenters. The van der Waals surface area contributed by atoms with Gasteiger partial charge in [-0.15, -0.1) is 0 Å². The number of hydrogen-bond acceptors (Lipinski definition) is 2. The molecule has 3 rings (SSSR count). The van der Waals surface area contributed by atoms with Gasteiger partial charge in [0.15, 0.2) is 0 Å². The standard InChI is InChI=1S/C20H30N2O2/c1-2-20(11-6-12-20)15-21-19(24)22-13-9-17(10-14-22)18(23)16-7-4-3-5-8-16/h3-5,7-8,17-18,23H,2,6,9-15H2,1H3,(H,21,24). The van der Waals surface area contributed by atoms with E-state index in [0.29, 0.717) is 5.41 Å². The van der Waals surface area contributed by atoms with Gasteiger partial charge in [-0.05, 0) is 49.0 Å².